The minimum Gasteiger partial charge on any atom is -0.473 e. The molecule has 1 atom stereocenters. The van der Waals surface area contributed by atoms with E-state index >= 15 is 0 Å². The highest BCUT2D eigenvalue weighted by atomic mass is 32.1. The standard InChI is InChI=1S/C9H14N2OS/c1-12-9-11-7(5-13-9)8(10)6-3-2-4-6/h5-6,8H,2-4,10H2,1H3. The highest BCUT2D eigenvalue weighted by Gasteiger charge is 2.27. The van der Waals surface area contributed by atoms with Crippen molar-refractivity contribution in [2.75, 3.05) is 7.11 Å². The quantitative estimate of drug-likeness (QED) is 0.807. The van der Waals surface area contributed by atoms with Crippen LogP contribution in [0.3, 0.4) is 0 Å². The molecule has 0 radical (unpaired) electrons. The average molecular weight is 198 g/mol. The normalized spacial score (nSPS) is 19.5. The topological polar surface area (TPSA) is 48.1 Å². The van der Waals surface area contributed by atoms with Gasteiger partial charge in [0.25, 0.3) is 5.19 Å². The molecule has 0 saturated heterocycles. The summed E-state index contributed by atoms with van der Waals surface area (Å²) in [5, 5.41) is 2.71. The number of hydrogen-bond acceptors (Lipinski definition) is 4. The fraction of sp³-hybridized carbons (Fsp3) is 0.667. The maximum absolute atomic E-state index is 6.06. The molecule has 1 unspecified atom stereocenters. The lowest BCUT2D eigenvalue weighted by molar-refractivity contribution is 0.261. The van der Waals surface area contributed by atoms with E-state index in [9.17, 15) is 0 Å². The molecule has 1 aliphatic rings. The molecule has 1 heterocycles. The molecule has 2 rings (SSSR count). The molecule has 0 amide bonds. The molecule has 2 N–H and O–H groups in total. The van der Waals surface area contributed by atoms with Gasteiger partial charge in [-0.2, -0.15) is 0 Å². The number of thiazole rings is 1. The Morgan fingerprint density at radius 1 is 1.69 bits per heavy atom. The Balaban J connectivity index is 2.05. The lowest BCUT2D eigenvalue weighted by Crippen LogP contribution is -2.27. The van der Waals surface area contributed by atoms with Gasteiger partial charge in [0.05, 0.1) is 18.8 Å². The molecular formula is C9H14N2OS. The van der Waals surface area contributed by atoms with Crippen molar-refractivity contribution in [1.82, 2.24) is 4.98 Å². The van der Waals surface area contributed by atoms with Gasteiger partial charge in [-0.25, -0.2) is 4.98 Å². The third-order valence-electron chi connectivity index (χ3n) is 2.67. The number of rotatable bonds is 3. The van der Waals surface area contributed by atoms with Crippen LogP contribution in [0.1, 0.15) is 31.0 Å². The van der Waals surface area contributed by atoms with Crippen molar-refractivity contribution >= 4 is 11.3 Å². The summed E-state index contributed by atoms with van der Waals surface area (Å²) in [7, 11) is 1.64. The minimum atomic E-state index is 0.119. The zero-order valence-corrected chi connectivity index (χ0v) is 8.51. The van der Waals surface area contributed by atoms with Crippen molar-refractivity contribution in [2.45, 2.75) is 25.3 Å². The van der Waals surface area contributed by atoms with Gasteiger partial charge in [0, 0.05) is 5.38 Å². The van der Waals surface area contributed by atoms with Gasteiger partial charge >= 0.3 is 0 Å². The second kappa shape index (κ2) is 3.64. The maximum Gasteiger partial charge on any atom is 0.273 e. The number of ether oxygens (including phenoxy) is 1. The monoisotopic (exact) mass is 198 g/mol. The summed E-state index contributed by atoms with van der Waals surface area (Å²) >= 11 is 1.52. The van der Waals surface area contributed by atoms with E-state index in [2.05, 4.69) is 4.98 Å². The Bertz CT molecular complexity index is 283. The van der Waals surface area contributed by atoms with Crippen LogP contribution in [0.15, 0.2) is 5.38 Å². The Labute approximate surface area is 81.9 Å². The molecule has 1 aliphatic carbocycles. The van der Waals surface area contributed by atoms with Crippen LogP contribution >= 0.6 is 11.3 Å². The largest absolute Gasteiger partial charge is 0.473 e. The van der Waals surface area contributed by atoms with E-state index < -0.39 is 0 Å². The molecule has 0 spiro atoms. The molecule has 72 valence electrons. The predicted molar refractivity (Wildman–Crippen MR) is 52.9 cm³/mol. The summed E-state index contributed by atoms with van der Waals surface area (Å²) in [5.41, 5.74) is 7.05. The molecular weight excluding hydrogens is 184 g/mol. The first-order valence-electron chi connectivity index (χ1n) is 4.56. The van der Waals surface area contributed by atoms with Crippen LogP contribution in [0, 0.1) is 5.92 Å². The van der Waals surface area contributed by atoms with Crippen LogP contribution in [-0.4, -0.2) is 12.1 Å². The van der Waals surface area contributed by atoms with Crippen molar-refractivity contribution < 1.29 is 4.74 Å². The Morgan fingerprint density at radius 2 is 2.46 bits per heavy atom. The van der Waals surface area contributed by atoms with Crippen LogP contribution in [0.25, 0.3) is 0 Å². The first kappa shape index (κ1) is 8.97. The first-order chi connectivity index (χ1) is 6.31. The molecule has 0 aromatic carbocycles. The predicted octanol–water partition coefficient (Wildman–Crippen LogP) is 1.95. The summed E-state index contributed by atoms with van der Waals surface area (Å²) in [6, 6.07) is 0.119. The second-order valence-corrected chi connectivity index (χ2v) is 4.28. The van der Waals surface area contributed by atoms with Gasteiger partial charge < -0.3 is 10.5 Å². The molecule has 13 heavy (non-hydrogen) atoms. The number of nitrogens with zero attached hydrogens (tertiary/aromatic N) is 1. The SMILES string of the molecule is COc1nc(C(N)C2CCC2)cs1. The Morgan fingerprint density at radius 3 is 2.92 bits per heavy atom. The van der Waals surface area contributed by atoms with Gasteiger partial charge in [0.2, 0.25) is 0 Å². The van der Waals surface area contributed by atoms with E-state index in [1.54, 1.807) is 7.11 Å². The highest BCUT2D eigenvalue weighted by molar-refractivity contribution is 7.11. The molecule has 1 saturated carbocycles. The third-order valence-corrected chi connectivity index (χ3v) is 3.49. The lowest BCUT2D eigenvalue weighted by Gasteiger charge is -2.30. The van der Waals surface area contributed by atoms with Crippen LogP contribution in [-0.2, 0) is 0 Å². The van der Waals surface area contributed by atoms with Crippen LogP contribution in [0.5, 0.6) is 5.19 Å². The minimum absolute atomic E-state index is 0.119. The summed E-state index contributed by atoms with van der Waals surface area (Å²) in [4.78, 5) is 4.30. The fourth-order valence-corrected chi connectivity index (χ4v) is 2.24. The van der Waals surface area contributed by atoms with Crippen LogP contribution in [0.4, 0.5) is 0 Å². The van der Waals surface area contributed by atoms with E-state index in [1.165, 1.54) is 30.6 Å². The van der Waals surface area contributed by atoms with Crippen molar-refractivity contribution in [3.63, 3.8) is 0 Å². The van der Waals surface area contributed by atoms with Crippen molar-refractivity contribution in [3.05, 3.63) is 11.1 Å². The number of hydrogen-bond donors (Lipinski definition) is 1. The number of nitrogens with two attached hydrogens (primary N) is 1. The second-order valence-electron chi connectivity index (χ2n) is 3.46. The molecule has 3 nitrogen and oxygen atoms in total. The van der Waals surface area contributed by atoms with E-state index in [0.717, 1.165) is 5.69 Å². The van der Waals surface area contributed by atoms with E-state index in [0.29, 0.717) is 11.1 Å². The van der Waals surface area contributed by atoms with Gasteiger partial charge in [-0.3, -0.25) is 0 Å². The van der Waals surface area contributed by atoms with Crippen molar-refractivity contribution in [3.8, 4) is 5.19 Å². The molecule has 0 bridgehead atoms. The molecule has 1 aromatic rings. The van der Waals surface area contributed by atoms with E-state index in [-0.39, 0.29) is 6.04 Å². The van der Waals surface area contributed by atoms with Gasteiger partial charge in [-0.05, 0) is 18.8 Å². The number of methoxy groups -OCH3 is 1. The van der Waals surface area contributed by atoms with Crippen molar-refractivity contribution in [1.29, 1.82) is 0 Å². The fourth-order valence-electron chi connectivity index (χ4n) is 1.56. The van der Waals surface area contributed by atoms with Crippen molar-refractivity contribution in [2.24, 2.45) is 11.7 Å². The van der Waals surface area contributed by atoms with Gasteiger partial charge in [-0.15, -0.1) is 0 Å². The molecule has 4 heteroatoms. The maximum atomic E-state index is 6.06. The highest BCUT2D eigenvalue weighted by Crippen LogP contribution is 2.37. The van der Waals surface area contributed by atoms with Gasteiger partial charge in [-0.1, -0.05) is 17.8 Å². The third kappa shape index (κ3) is 1.69. The lowest BCUT2D eigenvalue weighted by atomic mass is 9.79. The average Bonchev–Trinajstić information content (AvgIpc) is 2.48. The smallest absolute Gasteiger partial charge is 0.273 e. The summed E-state index contributed by atoms with van der Waals surface area (Å²) in [6.45, 7) is 0. The van der Waals surface area contributed by atoms with E-state index in [1.807, 2.05) is 5.38 Å². The summed E-state index contributed by atoms with van der Waals surface area (Å²) in [5.74, 6) is 0.645. The summed E-state index contributed by atoms with van der Waals surface area (Å²) in [6.07, 6.45) is 3.82. The van der Waals surface area contributed by atoms with Crippen LogP contribution in [0.2, 0.25) is 0 Å². The van der Waals surface area contributed by atoms with E-state index in [4.69, 9.17) is 10.5 Å². The van der Waals surface area contributed by atoms with Crippen LogP contribution < -0.4 is 10.5 Å². The van der Waals surface area contributed by atoms with Gasteiger partial charge in [0.15, 0.2) is 0 Å². The zero-order valence-electron chi connectivity index (χ0n) is 7.69. The molecule has 1 aromatic heterocycles. The Hall–Kier alpha value is -0.610. The van der Waals surface area contributed by atoms with Gasteiger partial charge in [0.1, 0.15) is 0 Å². The Kier molecular flexibility index (Phi) is 2.51. The number of aromatic nitrogens is 1. The zero-order chi connectivity index (χ0) is 9.26. The molecule has 0 aliphatic heterocycles. The molecule has 1 fully saturated rings. The summed E-state index contributed by atoms with van der Waals surface area (Å²) < 4.78 is 5.03. The first-order valence-corrected chi connectivity index (χ1v) is 5.44.